The molecule has 0 aliphatic heterocycles. The first-order valence-electron chi connectivity index (χ1n) is 7.49. The van der Waals surface area contributed by atoms with Gasteiger partial charge in [0.15, 0.2) is 23.0 Å². The molecule has 0 unspecified atom stereocenters. The quantitative estimate of drug-likeness (QED) is 0.724. The van der Waals surface area contributed by atoms with Crippen LogP contribution in [0.15, 0.2) is 66.7 Å². The lowest BCUT2D eigenvalue weighted by molar-refractivity contribution is 0.275. The van der Waals surface area contributed by atoms with Gasteiger partial charge in [-0.25, -0.2) is 0 Å². The van der Waals surface area contributed by atoms with E-state index >= 15 is 0 Å². The molecule has 3 rings (SSSR count). The van der Waals surface area contributed by atoms with Crippen molar-refractivity contribution in [1.82, 2.24) is 4.98 Å². The zero-order valence-corrected chi connectivity index (χ0v) is 12.9. The van der Waals surface area contributed by atoms with Crippen LogP contribution >= 0.6 is 0 Å². The van der Waals surface area contributed by atoms with Crippen molar-refractivity contribution in [3.05, 3.63) is 78.1 Å². The molecule has 0 bridgehead atoms. The van der Waals surface area contributed by atoms with Gasteiger partial charge in [0.25, 0.3) is 0 Å². The Labute approximate surface area is 139 Å². The van der Waals surface area contributed by atoms with Crippen molar-refractivity contribution in [2.45, 2.75) is 13.2 Å². The molecule has 0 aliphatic rings. The third-order valence-corrected chi connectivity index (χ3v) is 3.35. The first-order chi connectivity index (χ1) is 11.7. The van der Waals surface area contributed by atoms with Gasteiger partial charge < -0.3 is 19.7 Å². The average molecular weight is 323 g/mol. The minimum Gasteiger partial charge on any atom is -0.504 e. The van der Waals surface area contributed by atoms with Gasteiger partial charge >= 0.3 is 0 Å². The number of para-hydroxylation sites is 4. The summed E-state index contributed by atoms with van der Waals surface area (Å²) in [5.41, 5.74) is 1.44. The summed E-state index contributed by atoms with van der Waals surface area (Å²) in [6, 6.07) is 19.1. The monoisotopic (exact) mass is 323 g/mol. The molecule has 0 radical (unpaired) electrons. The van der Waals surface area contributed by atoms with Crippen molar-refractivity contribution < 1.29 is 19.7 Å². The minimum atomic E-state index is 0.0940. The highest BCUT2D eigenvalue weighted by Gasteiger charge is 2.05. The van der Waals surface area contributed by atoms with Crippen LogP contribution in [-0.2, 0) is 13.2 Å². The smallest absolute Gasteiger partial charge is 0.161 e. The summed E-state index contributed by atoms with van der Waals surface area (Å²) in [7, 11) is 0. The van der Waals surface area contributed by atoms with Gasteiger partial charge in [-0.05, 0) is 36.4 Å². The standard InChI is InChI=1S/C19H17NO4/c21-16-8-1-3-10-18(16)23-12-14-6-5-7-15(20-14)13-24-19-11-4-2-9-17(19)22/h1-11,21-22H,12-13H2. The van der Waals surface area contributed by atoms with Crippen LogP contribution < -0.4 is 9.47 Å². The number of nitrogens with zero attached hydrogens (tertiary/aromatic N) is 1. The van der Waals surface area contributed by atoms with Crippen molar-refractivity contribution in [2.75, 3.05) is 0 Å². The van der Waals surface area contributed by atoms with E-state index in [2.05, 4.69) is 4.98 Å². The number of hydrogen-bond donors (Lipinski definition) is 2. The Morgan fingerprint density at radius 3 is 1.54 bits per heavy atom. The Bertz CT molecular complexity index is 755. The summed E-state index contributed by atoms with van der Waals surface area (Å²) in [5, 5.41) is 19.4. The Kier molecular flexibility index (Phi) is 4.81. The molecule has 0 spiro atoms. The number of phenols is 2. The summed E-state index contributed by atoms with van der Waals surface area (Å²) < 4.78 is 11.1. The van der Waals surface area contributed by atoms with E-state index in [1.54, 1.807) is 48.5 Å². The van der Waals surface area contributed by atoms with E-state index in [1.165, 1.54) is 0 Å². The van der Waals surface area contributed by atoms with E-state index in [0.29, 0.717) is 11.5 Å². The second-order valence-corrected chi connectivity index (χ2v) is 5.13. The van der Waals surface area contributed by atoms with E-state index in [1.807, 2.05) is 18.2 Å². The topological polar surface area (TPSA) is 71.8 Å². The Morgan fingerprint density at radius 1 is 0.625 bits per heavy atom. The molecular weight excluding hydrogens is 306 g/mol. The van der Waals surface area contributed by atoms with Gasteiger partial charge in [-0.15, -0.1) is 0 Å². The summed E-state index contributed by atoms with van der Waals surface area (Å²) in [4.78, 5) is 4.45. The molecule has 5 nitrogen and oxygen atoms in total. The molecular formula is C19H17NO4. The molecule has 0 aliphatic carbocycles. The normalized spacial score (nSPS) is 10.3. The number of aromatic hydroxyl groups is 2. The summed E-state index contributed by atoms with van der Waals surface area (Å²) in [5.74, 6) is 1.01. The van der Waals surface area contributed by atoms with Crippen molar-refractivity contribution in [1.29, 1.82) is 0 Å². The van der Waals surface area contributed by atoms with Crippen LogP contribution in [-0.4, -0.2) is 15.2 Å². The van der Waals surface area contributed by atoms with Crippen molar-refractivity contribution in [2.24, 2.45) is 0 Å². The zero-order chi connectivity index (χ0) is 16.8. The lowest BCUT2D eigenvalue weighted by Gasteiger charge is -2.10. The van der Waals surface area contributed by atoms with Crippen molar-refractivity contribution >= 4 is 0 Å². The number of rotatable bonds is 6. The van der Waals surface area contributed by atoms with Crippen LogP contribution in [0.25, 0.3) is 0 Å². The van der Waals surface area contributed by atoms with Crippen molar-refractivity contribution in [3.63, 3.8) is 0 Å². The highest BCUT2D eigenvalue weighted by atomic mass is 16.5. The number of aromatic nitrogens is 1. The predicted octanol–water partition coefficient (Wildman–Crippen LogP) is 3.65. The van der Waals surface area contributed by atoms with Crippen LogP contribution in [0, 0.1) is 0 Å². The van der Waals surface area contributed by atoms with Crippen LogP contribution in [0.2, 0.25) is 0 Å². The highest BCUT2D eigenvalue weighted by molar-refractivity contribution is 5.38. The molecule has 1 aromatic heterocycles. The summed E-state index contributed by atoms with van der Waals surface area (Å²) in [6.07, 6.45) is 0. The van der Waals surface area contributed by atoms with Gasteiger partial charge in [-0.2, -0.15) is 0 Å². The third kappa shape index (κ3) is 3.95. The van der Waals surface area contributed by atoms with Crippen LogP contribution in [0.4, 0.5) is 0 Å². The Balaban J connectivity index is 1.62. The van der Waals surface area contributed by atoms with E-state index in [-0.39, 0.29) is 24.7 Å². The maximum absolute atomic E-state index is 9.69. The molecule has 0 atom stereocenters. The molecule has 122 valence electrons. The maximum Gasteiger partial charge on any atom is 0.161 e. The summed E-state index contributed by atoms with van der Waals surface area (Å²) in [6.45, 7) is 0.476. The van der Waals surface area contributed by atoms with Gasteiger partial charge in [-0.3, -0.25) is 4.98 Å². The molecule has 3 aromatic rings. The molecule has 0 saturated carbocycles. The fraction of sp³-hybridized carbons (Fsp3) is 0.105. The van der Waals surface area contributed by atoms with Gasteiger partial charge in [-0.1, -0.05) is 30.3 Å². The number of hydrogen-bond acceptors (Lipinski definition) is 5. The Hall–Kier alpha value is -3.21. The predicted molar refractivity (Wildman–Crippen MR) is 89.1 cm³/mol. The molecule has 0 amide bonds. The molecule has 0 saturated heterocycles. The second kappa shape index (κ2) is 7.37. The number of benzene rings is 2. The van der Waals surface area contributed by atoms with E-state index in [4.69, 9.17) is 9.47 Å². The first kappa shape index (κ1) is 15.7. The largest absolute Gasteiger partial charge is 0.504 e. The maximum atomic E-state index is 9.69. The fourth-order valence-electron chi connectivity index (χ4n) is 2.15. The molecule has 2 aromatic carbocycles. The van der Waals surface area contributed by atoms with Gasteiger partial charge in [0.2, 0.25) is 0 Å². The zero-order valence-electron chi connectivity index (χ0n) is 12.9. The molecule has 5 heteroatoms. The van der Waals surface area contributed by atoms with Crippen molar-refractivity contribution in [3.8, 4) is 23.0 Å². The first-order valence-corrected chi connectivity index (χ1v) is 7.49. The Morgan fingerprint density at radius 2 is 1.08 bits per heavy atom. The molecule has 2 N–H and O–H groups in total. The number of phenolic OH excluding ortho intramolecular Hbond substituents is 2. The van der Waals surface area contributed by atoms with Crippen LogP contribution in [0.5, 0.6) is 23.0 Å². The fourth-order valence-corrected chi connectivity index (χ4v) is 2.15. The highest BCUT2D eigenvalue weighted by Crippen LogP contribution is 2.26. The van der Waals surface area contributed by atoms with Gasteiger partial charge in [0.05, 0.1) is 11.4 Å². The van der Waals surface area contributed by atoms with Crippen LogP contribution in [0.3, 0.4) is 0 Å². The van der Waals surface area contributed by atoms with Crippen LogP contribution in [0.1, 0.15) is 11.4 Å². The van der Waals surface area contributed by atoms with Gasteiger partial charge in [0, 0.05) is 0 Å². The minimum absolute atomic E-state index is 0.0940. The molecule has 0 fully saturated rings. The SMILES string of the molecule is Oc1ccccc1OCc1cccc(COc2ccccc2O)n1. The lowest BCUT2D eigenvalue weighted by atomic mass is 10.3. The second-order valence-electron chi connectivity index (χ2n) is 5.13. The number of ether oxygens (including phenoxy) is 2. The lowest BCUT2D eigenvalue weighted by Crippen LogP contribution is -2.03. The van der Waals surface area contributed by atoms with E-state index < -0.39 is 0 Å². The van der Waals surface area contributed by atoms with E-state index in [9.17, 15) is 10.2 Å². The number of pyridine rings is 1. The molecule has 24 heavy (non-hydrogen) atoms. The third-order valence-electron chi connectivity index (χ3n) is 3.35. The average Bonchev–Trinajstić information content (AvgIpc) is 2.61. The summed E-state index contributed by atoms with van der Waals surface area (Å²) >= 11 is 0. The van der Waals surface area contributed by atoms with E-state index in [0.717, 1.165) is 11.4 Å². The molecule has 1 heterocycles. The van der Waals surface area contributed by atoms with Gasteiger partial charge in [0.1, 0.15) is 13.2 Å².